The molecular weight excluding hydrogens is 1330 g/mol. The van der Waals surface area contributed by atoms with E-state index in [4.69, 9.17) is 42.6 Å². The van der Waals surface area contributed by atoms with Gasteiger partial charge in [0, 0.05) is 70.7 Å². The number of nitrogens with zero attached hydrogens (tertiary/aromatic N) is 12. The predicted molar refractivity (Wildman–Crippen MR) is 357 cm³/mol. The molecule has 0 atom stereocenters. The minimum absolute atomic E-state index is 0.0564. The van der Waals surface area contributed by atoms with Crippen LogP contribution in [0.15, 0.2) is 73.0 Å². The standard InChI is InChI=1S/C68H91F3N14O16/c1-92-59-44-75-66(62-61(59)56(43-74-62)63(89)68(91)83-17-10-51(11-18-83)55(42-72)50-8-3-2-4-9-50)85-49-76-65(78-85)67(90)73-13-5-6-15-82(54(46-86)47-87)16-7-14-80-19-21-81(22-20-80)23-26-94-29-32-97-36-37-99-38-39-100-48-53-45-84(79-77-53)24-27-95-30-33-98-35-34-96-31-28-93-25-12-60(88)101-64-57(70)40-52(69)41-58(64)71/h2-4,8-9,40-41,43-45,49,54,74,86-87H,5-7,10-39,46-48H2,1H3,(H,73,90). The van der Waals surface area contributed by atoms with E-state index in [0.29, 0.717) is 172 Å². The summed E-state index contributed by atoms with van der Waals surface area (Å²) in [5, 5.41) is 45.9. The first kappa shape index (κ1) is 78.5. The van der Waals surface area contributed by atoms with E-state index in [2.05, 4.69) is 61.2 Å². The van der Waals surface area contributed by atoms with Gasteiger partial charge in [-0.15, -0.1) is 10.2 Å². The Kier molecular flexibility index (Phi) is 33.9. The van der Waals surface area contributed by atoms with E-state index in [0.717, 1.165) is 56.8 Å². The summed E-state index contributed by atoms with van der Waals surface area (Å²) >= 11 is 0. The van der Waals surface area contributed by atoms with E-state index in [-0.39, 0.29) is 75.5 Å². The number of aliphatic hydroxyl groups is 2. The smallest absolute Gasteiger partial charge is 0.313 e. The summed E-state index contributed by atoms with van der Waals surface area (Å²) < 4.78 is 98.0. The molecule has 33 heteroatoms. The Labute approximate surface area is 583 Å². The van der Waals surface area contributed by atoms with E-state index < -0.39 is 52.8 Å². The quantitative estimate of drug-likeness (QED) is 0.0106. The van der Waals surface area contributed by atoms with Gasteiger partial charge in [-0.2, -0.15) is 9.94 Å². The number of rotatable bonds is 48. The number of halogens is 3. The average Bonchev–Trinajstić information content (AvgIpc) is 1.64. The molecule has 0 aliphatic carbocycles. The Hall–Kier alpha value is -8.21. The van der Waals surface area contributed by atoms with Crippen LogP contribution < -0.4 is 14.8 Å². The van der Waals surface area contributed by atoms with Crippen LogP contribution >= 0.6 is 0 Å². The molecule has 0 spiro atoms. The molecular formula is C68H91F3N14O16. The molecule has 0 radical (unpaired) electrons. The Bertz CT molecular complexity index is 3550. The molecule has 2 aromatic carbocycles. The Morgan fingerprint density at radius 3 is 1.94 bits per heavy atom. The van der Waals surface area contributed by atoms with Crippen LogP contribution in [0.5, 0.6) is 11.5 Å². The number of piperazine rings is 1. The number of esters is 1. The van der Waals surface area contributed by atoms with Gasteiger partial charge in [-0.3, -0.25) is 29.0 Å². The van der Waals surface area contributed by atoms with Crippen molar-refractivity contribution in [2.45, 2.75) is 57.7 Å². The third-order valence-electron chi connectivity index (χ3n) is 16.6. The summed E-state index contributed by atoms with van der Waals surface area (Å²) in [6.45, 7) is 13.5. The van der Waals surface area contributed by atoms with Gasteiger partial charge in [0.2, 0.25) is 11.6 Å². The van der Waals surface area contributed by atoms with Crippen molar-refractivity contribution in [2.75, 3.05) is 191 Å². The second kappa shape index (κ2) is 43.6. The fraction of sp³-hybridized carbons (Fsp3) is 0.559. The first-order valence-corrected chi connectivity index (χ1v) is 33.9. The maximum Gasteiger partial charge on any atom is 0.313 e. The number of unbranched alkanes of at least 4 members (excludes halogenated alkanes) is 1. The first-order chi connectivity index (χ1) is 49.4. The lowest BCUT2D eigenvalue weighted by molar-refractivity contribution is -0.136. The molecule has 2 aliphatic heterocycles. The highest BCUT2D eigenvalue weighted by molar-refractivity contribution is 6.45. The van der Waals surface area contributed by atoms with E-state index >= 15 is 0 Å². The van der Waals surface area contributed by atoms with Gasteiger partial charge < -0.3 is 77.7 Å². The van der Waals surface area contributed by atoms with Gasteiger partial charge in [-0.05, 0) is 62.9 Å². The minimum Gasteiger partial charge on any atom is -0.494 e. The normalized spacial score (nSPS) is 13.8. The number of aromatic nitrogens is 8. The number of fused-ring (bicyclic) bond motifs is 1. The fourth-order valence-electron chi connectivity index (χ4n) is 11.2. The maximum atomic E-state index is 13.8. The number of piperidine rings is 1. The highest BCUT2D eigenvalue weighted by Gasteiger charge is 2.31. The van der Waals surface area contributed by atoms with Gasteiger partial charge in [0.25, 0.3) is 17.6 Å². The van der Waals surface area contributed by atoms with E-state index in [1.165, 1.54) is 35.4 Å². The second-order valence-electron chi connectivity index (χ2n) is 23.5. The zero-order valence-electron chi connectivity index (χ0n) is 57.0. The number of methoxy groups -OCH3 is 1. The molecule has 6 heterocycles. The third kappa shape index (κ3) is 25.4. The number of carbonyl (C=O) groups excluding carboxylic acids is 4. The van der Waals surface area contributed by atoms with Crippen molar-refractivity contribution in [1.29, 1.82) is 5.26 Å². The Balaban J connectivity index is 0.588. The van der Waals surface area contributed by atoms with E-state index in [1.807, 2.05) is 30.3 Å². The number of Topliss-reactive ketones (excluding diaryl/α,β-unsaturated/α-hetero) is 1. The molecule has 550 valence electrons. The highest BCUT2D eigenvalue weighted by Crippen LogP contribution is 2.33. The zero-order chi connectivity index (χ0) is 71.4. The lowest BCUT2D eigenvalue weighted by Gasteiger charge is -2.35. The topological polar surface area (TPSA) is 340 Å². The van der Waals surface area contributed by atoms with E-state index in [9.17, 15) is 47.8 Å². The number of hydrogen-bond acceptors (Lipinski definition) is 25. The summed E-state index contributed by atoms with van der Waals surface area (Å²) in [7, 11) is 1.43. The molecule has 30 nitrogen and oxygen atoms in total. The summed E-state index contributed by atoms with van der Waals surface area (Å²) in [5.74, 6) is -7.15. The number of pyridine rings is 1. The van der Waals surface area contributed by atoms with Crippen LogP contribution in [0.2, 0.25) is 0 Å². The number of amides is 2. The number of aliphatic hydroxyl groups excluding tert-OH is 2. The van der Waals surface area contributed by atoms with E-state index in [1.54, 1.807) is 10.9 Å². The number of nitrogens with one attached hydrogen (secondary N) is 2. The number of aromatic amines is 1. The number of allylic oxidation sites excluding steroid dienone is 1. The summed E-state index contributed by atoms with van der Waals surface area (Å²) in [4.78, 5) is 72.7. The summed E-state index contributed by atoms with van der Waals surface area (Å²) in [6, 6.07) is 12.1. The second-order valence-corrected chi connectivity index (χ2v) is 23.5. The van der Waals surface area contributed by atoms with Crippen LogP contribution in [0.25, 0.3) is 22.3 Å². The van der Waals surface area contributed by atoms with Crippen LogP contribution in [0.3, 0.4) is 0 Å². The van der Waals surface area contributed by atoms with Crippen molar-refractivity contribution in [3.05, 3.63) is 113 Å². The van der Waals surface area contributed by atoms with Crippen molar-refractivity contribution >= 4 is 40.0 Å². The number of carbonyl (C=O) groups is 4. The van der Waals surface area contributed by atoms with Crippen LogP contribution in [0.1, 0.15) is 70.8 Å². The summed E-state index contributed by atoms with van der Waals surface area (Å²) in [5.41, 5.74) is 3.47. The lowest BCUT2D eigenvalue weighted by atomic mass is 9.93. The third-order valence-corrected chi connectivity index (χ3v) is 16.6. The number of ketones is 1. The van der Waals surface area contributed by atoms with Crippen molar-refractivity contribution in [2.24, 2.45) is 0 Å². The molecule has 2 saturated heterocycles. The molecule has 2 aliphatic rings. The molecule has 101 heavy (non-hydrogen) atoms. The predicted octanol–water partition coefficient (Wildman–Crippen LogP) is 3.45. The molecule has 4 N–H and O–H groups in total. The lowest BCUT2D eigenvalue weighted by Crippen LogP contribution is -2.48. The van der Waals surface area contributed by atoms with Gasteiger partial charge in [0.15, 0.2) is 17.5 Å². The minimum atomic E-state index is -1.31. The van der Waals surface area contributed by atoms with Crippen molar-refractivity contribution in [3.8, 4) is 23.4 Å². The molecule has 2 amide bonds. The molecule has 4 aromatic heterocycles. The maximum absolute atomic E-state index is 13.8. The van der Waals surface area contributed by atoms with Gasteiger partial charge in [0.05, 0.1) is 186 Å². The number of H-pyrrole nitrogens is 1. The Morgan fingerprint density at radius 2 is 1.32 bits per heavy atom. The summed E-state index contributed by atoms with van der Waals surface area (Å²) in [6.07, 6.45) is 8.83. The average molecular weight is 1420 g/mol. The van der Waals surface area contributed by atoms with Crippen LogP contribution in [0, 0.1) is 28.8 Å². The van der Waals surface area contributed by atoms with Crippen LogP contribution in [0.4, 0.5) is 13.2 Å². The SMILES string of the molecule is COc1cnc(-n2cnc(C(=O)NCCCCN(CCCN3CCN(CCOCCOCCOCCOCc4cn(CCOCCOCCOCCOCCC(=O)Oc5c(F)cc(F)cc5F)nn4)CC3)C(CO)CO)n2)c2[nH]cc(C(=O)C(=O)N3CCC(=C(C#N)c4ccccc4)CC3)c12. The van der Waals surface area contributed by atoms with Crippen molar-refractivity contribution < 1.29 is 89.9 Å². The number of hydrogen-bond donors (Lipinski definition) is 4. The fourth-order valence-corrected chi connectivity index (χ4v) is 11.2. The molecule has 0 saturated carbocycles. The highest BCUT2D eigenvalue weighted by atomic mass is 19.1. The van der Waals surface area contributed by atoms with Crippen molar-refractivity contribution in [1.82, 2.24) is 64.6 Å². The van der Waals surface area contributed by atoms with Gasteiger partial charge in [0.1, 0.15) is 23.6 Å². The van der Waals surface area contributed by atoms with Gasteiger partial charge >= 0.3 is 5.97 Å². The zero-order valence-corrected chi connectivity index (χ0v) is 57.0. The van der Waals surface area contributed by atoms with Crippen LogP contribution in [-0.4, -0.2) is 291 Å². The number of benzene rings is 2. The number of likely N-dealkylation sites (tertiary alicyclic amines) is 1. The van der Waals surface area contributed by atoms with Gasteiger partial charge in [-0.25, -0.2) is 27.8 Å². The first-order valence-electron chi connectivity index (χ1n) is 33.9. The number of ether oxygens (including phenoxy) is 10. The molecule has 6 aromatic rings. The molecule has 0 bridgehead atoms. The molecule has 0 unspecified atom stereocenters. The van der Waals surface area contributed by atoms with Gasteiger partial charge in [-0.1, -0.05) is 35.5 Å². The monoisotopic (exact) mass is 1420 g/mol. The largest absolute Gasteiger partial charge is 0.494 e. The van der Waals surface area contributed by atoms with Crippen molar-refractivity contribution in [3.63, 3.8) is 0 Å². The number of nitriles is 1. The molecule has 8 rings (SSSR count). The molecule has 2 fully saturated rings. The Morgan fingerprint density at radius 1 is 0.723 bits per heavy atom. The van der Waals surface area contributed by atoms with Crippen LogP contribution in [-0.2, 0) is 60.6 Å².